The highest BCUT2D eigenvalue weighted by molar-refractivity contribution is 7.47. The number of hydrogen-bond acceptors (Lipinski definition) is 15. The molecule has 0 radical (unpaired) electrons. The van der Waals surface area contributed by atoms with Crippen molar-refractivity contribution in [3.63, 3.8) is 0 Å². The van der Waals surface area contributed by atoms with Gasteiger partial charge in [0.25, 0.3) is 0 Å². The number of aliphatic hydroxyl groups excluding tert-OH is 1. The van der Waals surface area contributed by atoms with E-state index in [1.807, 2.05) is 0 Å². The first kappa shape index (κ1) is 87.1. The van der Waals surface area contributed by atoms with Gasteiger partial charge in [-0.05, 0) is 43.4 Å². The standard InChI is InChI=1S/C70H136O17P2/c1-8-9-10-11-12-13-19-23-30-39-46-53-69(74)87-66(58-81-68(73)52-45-38-33-32-36-43-50-63(6)7)60-85-89(78,79)83-56-64(71)55-82-88(76,77)84-59-65(57-80-67(72)51-44-37-29-26-25-28-35-42-49-62(4)5)86-70(75)54-47-40-31-24-21-18-16-14-15-17-20-22-27-34-41-48-61(2)3/h61-66,71H,8-60H2,1-7H3,(H,76,77)(H,78,79)/t64-,65-,66-/m1/s1. The van der Waals surface area contributed by atoms with E-state index in [0.717, 1.165) is 108 Å². The second-order valence-corrected chi connectivity index (χ2v) is 29.6. The third-order valence-electron chi connectivity index (χ3n) is 16.1. The van der Waals surface area contributed by atoms with Gasteiger partial charge >= 0.3 is 39.5 Å². The summed E-state index contributed by atoms with van der Waals surface area (Å²) in [7, 11) is -9.90. The predicted octanol–water partition coefficient (Wildman–Crippen LogP) is 19.8. The largest absolute Gasteiger partial charge is 0.472 e. The van der Waals surface area contributed by atoms with E-state index < -0.39 is 97.5 Å². The van der Waals surface area contributed by atoms with Crippen LogP contribution in [0.25, 0.3) is 0 Å². The molecule has 0 aliphatic carbocycles. The molecular weight excluding hydrogens is 1170 g/mol. The molecule has 0 aliphatic heterocycles. The van der Waals surface area contributed by atoms with Gasteiger partial charge in [0.2, 0.25) is 0 Å². The molecule has 0 spiro atoms. The number of phosphoric ester groups is 2. The second kappa shape index (κ2) is 61.0. The van der Waals surface area contributed by atoms with Crippen LogP contribution in [0.5, 0.6) is 0 Å². The van der Waals surface area contributed by atoms with E-state index in [4.69, 9.17) is 37.0 Å². The molecule has 0 aromatic carbocycles. The summed E-state index contributed by atoms with van der Waals surface area (Å²) >= 11 is 0. The third kappa shape index (κ3) is 64.6. The minimum atomic E-state index is -4.95. The van der Waals surface area contributed by atoms with Crippen LogP contribution in [0, 0.1) is 17.8 Å². The van der Waals surface area contributed by atoms with Crippen molar-refractivity contribution < 1.29 is 80.2 Å². The monoisotopic (exact) mass is 1310 g/mol. The first-order valence-electron chi connectivity index (χ1n) is 36.3. The zero-order chi connectivity index (χ0) is 65.9. The minimum absolute atomic E-state index is 0.105. The number of hydrogen-bond donors (Lipinski definition) is 3. The summed E-state index contributed by atoms with van der Waals surface area (Å²) in [4.78, 5) is 72.5. The molecule has 2 unspecified atom stereocenters. The average molecular weight is 1310 g/mol. The molecule has 0 bridgehead atoms. The van der Waals surface area contributed by atoms with E-state index in [2.05, 4.69) is 48.5 Å². The van der Waals surface area contributed by atoms with Gasteiger partial charge in [-0.2, -0.15) is 0 Å². The van der Waals surface area contributed by atoms with Crippen LogP contribution in [-0.2, 0) is 65.4 Å². The molecular formula is C70H136O17P2. The van der Waals surface area contributed by atoms with Crippen LogP contribution in [0.4, 0.5) is 0 Å². The maximum atomic E-state index is 13.0. The van der Waals surface area contributed by atoms with Gasteiger partial charge in [0.15, 0.2) is 12.2 Å². The van der Waals surface area contributed by atoms with Crippen molar-refractivity contribution >= 4 is 39.5 Å². The number of phosphoric acid groups is 2. The van der Waals surface area contributed by atoms with Crippen molar-refractivity contribution in [3.8, 4) is 0 Å². The summed E-state index contributed by atoms with van der Waals surface area (Å²) in [5.74, 6) is 0.0802. The van der Waals surface area contributed by atoms with E-state index in [0.29, 0.717) is 31.6 Å². The van der Waals surface area contributed by atoms with Gasteiger partial charge in [0, 0.05) is 25.7 Å². The van der Waals surface area contributed by atoms with Crippen molar-refractivity contribution in [1.82, 2.24) is 0 Å². The number of carbonyl (C=O) groups is 4. The van der Waals surface area contributed by atoms with Gasteiger partial charge in [-0.3, -0.25) is 37.3 Å². The summed E-state index contributed by atoms with van der Waals surface area (Å²) < 4.78 is 68.2. The first-order chi connectivity index (χ1) is 42.7. The lowest BCUT2D eigenvalue weighted by molar-refractivity contribution is -0.161. The van der Waals surface area contributed by atoms with E-state index in [1.165, 1.54) is 154 Å². The van der Waals surface area contributed by atoms with Gasteiger partial charge in [0.05, 0.1) is 26.4 Å². The molecule has 0 saturated heterocycles. The fourth-order valence-electron chi connectivity index (χ4n) is 10.5. The average Bonchev–Trinajstić information content (AvgIpc) is 3.67. The fraction of sp³-hybridized carbons (Fsp3) is 0.943. The Hall–Kier alpha value is -1.94. The van der Waals surface area contributed by atoms with Gasteiger partial charge < -0.3 is 33.8 Å². The third-order valence-corrected chi connectivity index (χ3v) is 18.0. The second-order valence-electron chi connectivity index (χ2n) is 26.7. The Morgan fingerprint density at radius 2 is 0.517 bits per heavy atom. The maximum Gasteiger partial charge on any atom is 0.472 e. The molecule has 0 aromatic heterocycles. The highest BCUT2D eigenvalue weighted by atomic mass is 31.2. The number of aliphatic hydroxyl groups is 1. The Morgan fingerprint density at radius 1 is 0.303 bits per heavy atom. The molecule has 0 fully saturated rings. The molecule has 3 N–H and O–H groups in total. The molecule has 17 nitrogen and oxygen atoms in total. The Balaban J connectivity index is 5.21. The van der Waals surface area contributed by atoms with Crippen LogP contribution in [0.2, 0.25) is 0 Å². The Labute approximate surface area is 543 Å². The van der Waals surface area contributed by atoms with E-state index >= 15 is 0 Å². The summed E-state index contributed by atoms with van der Waals surface area (Å²) in [6.07, 6.45) is 44.6. The molecule has 0 aromatic rings. The molecule has 0 saturated carbocycles. The highest BCUT2D eigenvalue weighted by Gasteiger charge is 2.30. The lowest BCUT2D eigenvalue weighted by Gasteiger charge is -2.21. The van der Waals surface area contributed by atoms with Crippen molar-refractivity contribution in [2.24, 2.45) is 17.8 Å². The summed E-state index contributed by atoms with van der Waals surface area (Å²) in [6.45, 7) is 11.8. The first-order valence-corrected chi connectivity index (χ1v) is 39.3. The summed E-state index contributed by atoms with van der Waals surface area (Å²) in [5, 5.41) is 10.6. The molecule has 5 atom stereocenters. The van der Waals surface area contributed by atoms with Crippen molar-refractivity contribution in [2.45, 2.75) is 369 Å². The van der Waals surface area contributed by atoms with Gasteiger partial charge in [-0.15, -0.1) is 0 Å². The normalized spacial score (nSPS) is 14.2. The van der Waals surface area contributed by atoms with Crippen LogP contribution >= 0.6 is 15.6 Å². The van der Waals surface area contributed by atoms with Crippen LogP contribution < -0.4 is 0 Å². The Kier molecular flexibility index (Phi) is 59.6. The Morgan fingerprint density at radius 3 is 0.764 bits per heavy atom. The number of unbranched alkanes of at least 4 members (excludes halogenated alkanes) is 36. The van der Waals surface area contributed by atoms with Crippen LogP contribution in [-0.4, -0.2) is 96.7 Å². The van der Waals surface area contributed by atoms with Crippen molar-refractivity contribution in [2.75, 3.05) is 39.6 Å². The molecule has 528 valence electrons. The SMILES string of the molecule is CCCCCCCCCCCCCC(=O)O[C@H](COC(=O)CCCCCCCCC(C)C)COP(=O)(O)OC[C@H](O)COP(=O)(O)OC[C@@H](COC(=O)CCCCCCCCCCC(C)C)OC(=O)CCCCCCCCCCCCCCCCCC(C)C. The number of ether oxygens (including phenoxy) is 4. The lowest BCUT2D eigenvalue weighted by Crippen LogP contribution is -2.30. The predicted molar refractivity (Wildman–Crippen MR) is 358 cm³/mol. The summed E-state index contributed by atoms with van der Waals surface area (Å²) in [5.41, 5.74) is 0. The quantitative estimate of drug-likeness (QED) is 0.0222. The van der Waals surface area contributed by atoms with Crippen molar-refractivity contribution in [1.29, 1.82) is 0 Å². The summed E-state index contributed by atoms with van der Waals surface area (Å²) in [6, 6.07) is 0. The molecule has 0 heterocycles. The molecule has 0 rings (SSSR count). The zero-order valence-corrected chi connectivity index (χ0v) is 59.7. The van der Waals surface area contributed by atoms with Crippen molar-refractivity contribution in [3.05, 3.63) is 0 Å². The highest BCUT2D eigenvalue weighted by Crippen LogP contribution is 2.45. The molecule has 89 heavy (non-hydrogen) atoms. The van der Waals surface area contributed by atoms with Gasteiger partial charge in [0.1, 0.15) is 19.3 Å². The van der Waals surface area contributed by atoms with Crippen LogP contribution in [0.1, 0.15) is 350 Å². The molecule has 0 aliphatic rings. The minimum Gasteiger partial charge on any atom is -0.462 e. The number of carbonyl (C=O) groups excluding carboxylic acids is 4. The number of rotatable bonds is 68. The molecule has 0 amide bonds. The smallest absolute Gasteiger partial charge is 0.462 e. The van der Waals surface area contributed by atoms with E-state index in [1.54, 1.807) is 0 Å². The topological polar surface area (TPSA) is 237 Å². The molecule has 19 heteroatoms. The fourth-order valence-corrected chi connectivity index (χ4v) is 12.1. The number of esters is 4. The van der Waals surface area contributed by atoms with Crippen LogP contribution in [0.15, 0.2) is 0 Å². The van der Waals surface area contributed by atoms with Crippen LogP contribution in [0.3, 0.4) is 0 Å². The van der Waals surface area contributed by atoms with Gasteiger partial charge in [-0.25, -0.2) is 9.13 Å². The van der Waals surface area contributed by atoms with E-state index in [-0.39, 0.29) is 25.7 Å². The Bertz CT molecular complexity index is 1750. The maximum absolute atomic E-state index is 13.0. The van der Waals surface area contributed by atoms with Gasteiger partial charge in [-0.1, -0.05) is 299 Å². The lowest BCUT2D eigenvalue weighted by atomic mass is 10.0. The zero-order valence-electron chi connectivity index (χ0n) is 57.9. The van der Waals surface area contributed by atoms with E-state index in [9.17, 15) is 43.2 Å².